The molecule has 0 amide bonds. The zero-order valence-corrected chi connectivity index (χ0v) is 9.39. The van der Waals surface area contributed by atoms with Crippen molar-refractivity contribution in [2.45, 2.75) is 37.6 Å². The number of rotatable bonds is 2. The van der Waals surface area contributed by atoms with Crippen molar-refractivity contribution >= 4 is 11.9 Å². The molecule has 0 saturated carbocycles. The highest BCUT2D eigenvalue weighted by Gasteiger charge is 2.61. The molecule has 3 heterocycles. The number of hydrogen-bond donors (Lipinski definition) is 0. The van der Waals surface area contributed by atoms with Gasteiger partial charge in [-0.25, -0.2) is 4.79 Å². The van der Waals surface area contributed by atoms with E-state index in [-0.39, 0.29) is 29.7 Å². The monoisotopic (exact) mass is 238 g/mol. The fraction of sp³-hybridized carbons (Fsp3) is 0.667. The Morgan fingerprint density at radius 1 is 1.59 bits per heavy atom. The second kappa shape index (κ2) is 3.57. The van der Waals surface area contributed by atoms with E-state index in [2.05, 4.69) is 6.58 Å². The van der Waals surface area contributed by atoms with Crippen molar-refractivity contribution in [3.8, 4) is 0 Å². The van der Waals surface area contributed by atoms with Crippen LogP contribution in [0.2, 0.25) is 0 Å². The first-order valence-electron chi connectivity index (χ1n) is 5.77. The summed E-state index contributed by atoms with van der Waals surface area (Å²) < 4.78 is 16.0. The minimum atomic E-state index is -0.418. The van der Waals surface area contributed by atoms with Crippen LogP contribution in [-0.4, -0.2) is 36.9 Å². The maximum absolute atomic E-state index is 11.2. The van der Waals surface area contributed by atoms with E-state index in [1.807, 2.05) is 0 Å². The van der Waals surface area contributed by atoms with Gasteiger partial charge >= 0.3 is 11.9 Å². The van der Waals surface area contributed by atoms with Crippen LogP contribution in [0.4, 0.5) is 0 Å². The van der Waals surface area contributed by atoms with Gasteiger partial charge in [-0.05, 0) is 6.42 Å². The highest BCUT2D eigenvalue weighted by Crippen LogP contribution is 2.53. The van der Waals surface area contributed by atoms with E-state index >= 15 is 0 Å². The van der Waals surface area contributed by atoms with Crippen LogP contribution in [-0.2, 0) is 23.8 Å². The molecule has 3 fully saturated rings. The number of esters is 2. The van der Waals surface area contributed by atoms with Crippen LogP contribution < -0.4 is 0 Å². The zero-order chi connectivity index (χ0) is 12.0. The Morgan fingerprint density at radius 2 is 2.41 bits per heavy atom. The maximum atomic E-state index is 11.2. The second-order valence-electron chi connectivity index (χ2n) is 4.98. The predicted molar refractivity (Wildman–Crippen MR) is 56.0 cm³/mol. The molecule has 3 aliphatic rings. The van der Waals surface area contributed by atoms with Gasteiger partial charge in [0.2, 0.25) is 0 Å². The molecular formula is C12H14O5. The van der Waals surface area contributed by atoms with E-state index in [1.54, 1.807) is 0 Å². The Labute approximate surface area is 98.7 Å². The Kier molecular flexibility index (Phi) is 2.26. The van der Waals surface area contributed by atoms with E-state index in [0.29, 0.717) is 19.4 Å². The number of hydrogen-bond acceptors (Lipinski definition) is 5. The third-order valence-electron chi connectivity index (χ3n) is 3.94. The molecule has 3 unspecified atom stereocenters. The molecule has 4 atom stereocenters. The van der Waals surface area contributed by atoms with Gasteiger partial charge in [0.05, 0.1) is 18.6 Å². The Morgan fingerprint density at radius 3 is 2.94 bits per heavy atom. The molecule has 3 rings (SSSR count). The van der Waals surface area contributed by atoms with Gasteiger partial charge in [0.15, 0.2) is 0 Å². The summed E-state index contributed by atoms with van der Waals surface area (Å²) in [6.07, 6.45) is 2.64. The Hall–Kier alpha value is -1.36. The minimum absolute atomic E-state index is 0.0263. The quantitative estimate of drug-likeness (QED) is 0.520. The van der Waals surface area contributed by atoms with Crippen molar-refractivity contribution in [1.82, 2.24) is 0 Å². The molecule has 92 valence electrons. The number of ether oxygens (including phenoxy) is 3. The van der Waals surface area contributed by atoms with Crippen LogP contribution in [0.15, 0.2) is 12.7 Å². The fourth-order valence-corrected chi connectivity index (χ4v) is 3.10. The van der Waals surface area contributed by atoms with E-state index in [9.17, 15) is 9.59 Å². The van der Waals surface area contributed by atoms with Gasteiger partial charge in [-0.2, -0.15) is 0 Å². The molecule has 5 heteroatoms. The highest BCUT2D eigenvalue weighted by molar-refractivity contribution is 5.81. The van der Waals surface area contributed by atoms with Gasteiger partial charge in [0.1, 0.15) is 12.7 Å². The molecule has 3 saturated heterocycles. The fourth-order valence-electron chi connectivity index (χ4n) is 3.10. The van der Waals surface area contributed by atoms with Gasteiger partial charge in [-0.3, -0.25) is 4.79 Å². The van der Waals surface area contributed by atoms with E-state index in [0.717, 1.165) is 12.5 Å². The molecule has 2 bridgehead atoms. The molecule has 1 spiro atoms. The first-order valence-corrected chi connectivity index (χ1v) is 5.77. The molecule has 0 aromatic heterocycles. The molecule has 0 aromatic carbocycles. The van der Waals surface area contributed by atoms with Crippen molar-refractivity contribution < 1.29 is 23.8 Å². The molecule has 0 N–H and O–H groups in total. The van der Waals surface area contributed by atoms with Crippen molar-refractivity contribution in [3.05, 3.63) is 12.7 Å². The van der Waals surface area contributed by atoms with Gasteiger partial charge in [-0.15, -0.1) is 0 Å². The van der Waals surface area contributed by atoms with Crippen LogP contribution in [0.25, 0.3) is 0 Å². The zero-order valence-electron chi connectivity index (χ0n) is 9.39. The van der Waals surface area contributed by atoms with Crippen LogP contribution in [0.5, 0.6) is 0 Å². The lowest BCUT2D eigenvalue weighted by Crippen LogP contribution is -2.39. The average Bonchev–Trinajstić information content (AvgIpc) is 2.94. The topological polar surface area (TPSA) is 61.8 Å². The largest absolute Gasteiger partial charge is 0.465 e. The second-order valence-corrected chi connectivity index (χ2v) is 4.98. The SMILES string of the molecule is C=CC(=O)OC1CC2O[C@H]1CC21COC(=O)C1. The average molecular weight is 238 g/mol. The molecule has 0 radical (unpaired) electrons. The molecule has 5 nitrogen and oxygen atoms in total. The summed E-state index contributed by atoms with van der Waals surface area (Å²) in [7, 11) is 0. The summed E-state index contributed by atoms with van der Waals surface area (Å²) in [6, 6.07) is 0. The van der Waals surface area contributed by atoms with Crippen molar-refractivity contribution in [2.75, 3.05) is 6.61 Å². The lowest BCUT2D eigenvalue weighted by Gasteiger charge is -2.30. The van der Waals surface area contributed by atoms with Gasteiger partial charge in [0, 0.05) is 17.9 Å². The van der Waals surface area contributed by atoms with Crippen LogP contribution >= 0.6 is 0 Å². The standard InChI is InChI=1S/C12H14O5/c1-2-10(13)17-7-3-9-12(4-8(7)16-9)5-11(14)15-6-12/h2,7-9H,1,3-6H2/t7?,8-,9?,12?/m0/s1. The smallest absolute Gasteiger partial charge is 0.330 e. The summed E-state index contributed by atoms with van der Waals surface area (Å²) in [5, 5.41) is 0. The number of fused-ring (bicyclic) bond motifs is 3. The summed E-state index contributed by atoms with van der Waals surface area (Å²) in [4.78, 5) is 22.3. The first-order chi connectivity index (χ1) is 8.13. The van der Waals surface area contributed by atoms with Crippen LogP contribution in [0.1, 0.15) is 19.3 Å². The number of carbonyl (C=O) groups is 2. The van der Waals surface area contributed by atoms with E-state index < -0.39 is 5.97 Å². The van der Waals surface area contributed by atoms with Crippen molar-refractivity contribution in [2.24, 2.45) is 5.41 Å². The third kappa shape index (κ3) is 1.57. The summed E-state index contributed by atoms with van der Waals surface area (Å²) in [6.45, 7) is 3.81. The summed E-state index contributed by atoms with van der Waals surface area (Å²) in [5.74, 6) is -0.570. The minimum Gasteiger partial charge on any atom is -0.465 e. The lowest BCUT2D eigenvalue weighted by atomic mass is 9.72. The van der Waals surface area contributed by atoms with Gasteiger partial charge < -0.3 is 14.2 Å². The first kappa shape index (κ1) is 10.8. The van der Waals surface area contributed by atoms with Crippen LogP contribution in [0, 0.1) is 5.41 Å². The van der Waals surface area contributed by atoms with E-state index in [1.165, 1.54) is 0 Å². The van der Waals surface area contributed by atoms with E-state index in [4.69, 9.17) is 14.2 Å². The van der Waals surface area contributed by atoms with Gasteiger partial charge in [-0.1, -0.05) is 6.58 Å². The lowest BCUT2D eigenvalue weighted by molar-refractivity contribution is -0.145. The normalized spacial score (nSPS) is 42.8. The van der Waals surface area contributed by atoms with Crippen molar-refractivity contribution in [3.63, 3.8) is 0 Å². The molecule has 3 aliphatic heterocycles. The summed E-state index contributed by atoms with van der Waals surface area (Å²) >= 11 is 0. The van der Waals surface area contributed by atoms with Crippen molar-refractivity contribution in [1.29, 1.82) is 0 Å². The molecular weight excluding hydrogens is 224 g/mol. The number of carbonyl (C=O) groups excluding carboxylic acids is 2. The third-order valence-corrected chi connectivity index (χ3v) is 3.94. The van der Waals surface area contributed by atoms with Gasteiger partial charge in [0.25, 0.3) is 0 Å². The van der Waals surface area contributed by atoms with Crippen LogP contribution in [0.3, 0.4) is 0 Å². The molecule has 17 heavy (non-hydrogen) atoms. The molecule has 0 aromatic rings. The Balaban J connectivity index is 1.68. The number of cyclic esters (lactones) is 1. The summed E-state index contributed by atoms with van der Waals surface area (Å²) in [5.41, 5.74) is -0.168. The Bertz CT molecular complexity index is 390. The predicted octanol–water partition coefficient (Wildman–Crippen LogP) is 0.579. The highest BCUT2D eigenvalue weighted by atomic mass is 16.6. The maximum Gasteiger partial charge on any atom is 0.330 e. The molecule has 0 aliphatic carbocycles.